The Hall–Kier alpha value is -4.62. The van der Waals surface area contributed by atoms with E-state index in [2.05, 4.69) is 30.4 Å². The highest BCUT2D eigenvalue weighted by Gasteiger charge is 2.37. The van der Waals surface area contributed by atoms with Crippen LogP contribution in [0.15, 0.2) is 40.5 Å². The molecule has 210 valence electrons. The average molecular weight is 559 g/mol. The van der Waals surface area contributed by atoms with Crippen molar-refractivity contribution in [3.8, 4) is 11.4 Å². The molecular formula is C26H26F4N8O2. The van der Waals surface area contributed by atoms with Gasteiger partial charge in [-0.2, -0.15) is 18.3 Å². The molecule has 10 nitrogen and oxygen atoms in total. The minimum Gasteiger partial charge on any atom is -0.381 e. The summed E-state index contributed by atoms with van der Waals surface area (Å²) < 4.78 is 54.5. The van der Waals surface area contributed by atoms with Gasteiger partial charge in [0.05, 0.1) is 29.5 Å². The number of aryl methyl sites for hydroxylation is 1. The molecule has 0 aliphatic heterocycles. The molecule has 4 rings (SSSR count). The molecule has 3 heterocycles. The normalized spacial score (nSPS) is 12.7. The Kier molecular flexibility index (Phi) is 8.26. The Balaban J connectivity index is 1.41. The average Bonchev–Trinajstić information content (AvgIpc) is 3.26. The number of carbonyl (C=O) groups is 1. The Morgan fingerprint density at radius 2 is 2.02 bits per heavy atom. The summed E-state index contributed by atoms with van der Waals surface area (Å²) in [5.74, 6) is -0.525. The number of alkyl halides is 3. The Morgan fingerprint density at radius 3 is 2.75 bits per heavy atom. The number of nitrogens with one attached hydrogen (secondary N) is 3. The van der Waals surface area contributed by atoms with E-state index in [0.717, 1.165) is 23.2 Å². The van der Waals surface area contributed by atoms with Crippen LogP contribution in [0.1, 0.15) is 41.3 Å². The summed E-state index contributed by atoms with van der Waals surface area (Å²) in [7, 11) is 1.74. The summed E-state index contributed by atoms with van der Waals surface area (Å²) in [4.78, 5) is 40.9. The maximum absolute atomic E-state index is 14.8. The van der Waals surface area contributed by atoms with Gasteiger partial charge in [-0.15, -0.1) is 0 Å². The molecule has 40 heavy (non-hydrogen) atoms. The van der Waals surface area contributed by atoms with Crippen LogP contribution in [-0.2, 0) is 6.18 Å². The highest BCUT2D eigenvalue weighted by atomic mass is 19.4. The molecule has 0 aliphatic rings. The minimum absolute atomic E-state index is 0.0486. The van der Waals surface area contributed by atoms with Crippen molar-refractivity contribution in [2.75, 3.05) is 18.9 Å². The Morgan fingerprint density at radius 1 is 1.25 bits per heavy atom. The monoisotopic (exact) mass is 558 g/mol. The van der Waals surface area contributed by atoms with Gasteiger partial charge in [-0.05, 0) is 44.4 Å². The molecule has 3 N–H and O–H groups in total. The number of hydrogen-bond acceptors (Lipinski definition) is 7. The number of hydrogen-bond donors (Lipinski definition) is 3. The molecule has 0 aliphatic carbocycles. The van der Waals surface area contributed by atoms with Gasteiger partial charge >= 0.3 is 6.18 Å². The van der Waals surface area contributed by atoms with Crippen LogP contribution in [0, 0.1) is 12.7 Å². The van der Waals surface area contributed by atoms with Crippen LogP contribution in [0.5, 0.6) is 0 Å². The van der Waals surface area contributed by atoms with Gasteiger partial charge in [0.1, 0.15) is 17.0 Å². The number of benzene rings is 1. The summed E-state index contributed by atoms with van der Waals surface area (Å²) in [6.45, 7) is 4.07. The lowest BCUT2D eigenvalue weighted by atomic mass is 10.1. The number of aliphatic imine (C=N–C) groups is 1. The number of H-pyrrole nitrogens is 2. The van der Waals surface area contributed by atoms with Crippen molar-refractivity contribution in [2.24, 2.45) is 4.99 Å². The van der Waals surface area contributed by atoms with Crippen molar-refractivity contribution in [3.63, 3.8) is 0 Å². The van der Waals surface area contributed by atoms with Gasteiger partial charge in [-0.1, -0.05) is 0 Å². The summed E-state index contributed by atoms with van der Waals surface area (Å²) in [5.41, 5.74) is -1.16. The number of fused-ring (bicyclic) bond motifs is 1. The van der Waals surface area contributed by atoms with E-state index in [1.54, 1.807) is 36.4 Å². The summed E-state index contributed by atoms with van der Waals surface area (Å²) in [6.07, 6.45) is 2.50. The largest absolute Gasteiger partial charge is 0.423 e. The van der Waals surface area contributed by atoms with Gasteiger partial charge in [0.25, 0.3) is 5.56 Å². The number of aromatic amines is 2. The lowest BCUT2D eigenvalue weighted by Crippen LogP contribution is -2.27. The second-order valence-corrected chi connectivity index (χ2v) is 9.33. The third-order valence-electron chi connectivity index (χ3n) is 6.21. The van der Waals surface area contributed by atoms with Crippen LogP contribution < -0.4 is 10.9 Å². The van der Waals surface area contributed by atoms with E-state index in [0.29, 0.717) is 31.3 Å². The fourth-order valence-corrected chi connectivity index (χ4v) is 4.11. The molecule has 4 aromatic rings. The van der Waals surface area contributed by atoms with Gasteiger partial charge in [0.2, 0.25) is 0 Å². The minimum atomic E-state index is -4.82. The van der Waals surface area contributed by atoms with Gasteiger partial charge in [-0.25, -0.2) is 24.4 Å². The molecule has 0 unspecified atom stereocenters. The maximum atomic E-state index is 14.8. The zero-order chi connectivity index (χ0) is 29.0. The van der Waals surface area contributed by atoms with E-state index in [-0.39, 0.29) is 28.3 Å². The van der Waals surface area contributed by atoms with Crippen LogP contribution in [0.3, 0.4) is 0 Å². The predicted octanol–water partition coefficient (Wildman–Crippen LogP) is 4.86. The quantitative estimate of drug-likeness (QED) is 0.110. The number of halogens is 4. The SMILES string of the molecule is Cc1c[nH]c2nc(-c3cc(/N=C\N(C)CCC[C@H](C)Nc4cn[nH]c(=O)c4C(F)(F)F)c(C=O)cc3F)ncc12. The van der Waals surface area contributed by atoms with Gasteiger partial charge < -0.3 is 15.2 Å². The topological polar surface area (TPSA) is 132 Å². The van der Waals surface area contributed by atoms with Crippen LogP contribution >= 0.6 is 0 Å². The van der Waals surface area contributed by atoms with Crippen LogP contribution in [-0.4, -0.2) is 62.3 Å². The first kappa shape index (κ1) is 28.4. The first-order valence-electron chi connectivity index (χ1n) is 12.2. The highest BCUT2D eigenvalue weighted by molar-refractivity contribution is 5.87. The molecule has 0 spiro atoms. The van der Waals surface area contributed by atoms with E-state index >= 15 is 0 Å². The van der Waals surface area contributed by atoms with Crippen molar-refractivity contribution in [1.29, 1.82) is 0 Å². The van der Waals surface area contributed by atoms with E-state index < -0.39 is 29.2 Å². The van der Waals surface area contributed by atoms with Crippen LogP contribution in [0.4, 0.5) is 28.9 Å². The molecule has 0 fully saturated rings. The zero-order valence-electron chi connectivity index (χ0n) is 21.8. The molecule has 1 atom stereocenters. The maximum Gasteiger partial charge on any atom is 0.423 e. The Bertz CT molecular complexity index is 1610. The van der Waals surface area contributed by atoms with E-state index in [4.69, 9.17) is 0 Å². The fraction of sp³-hybridized carbons (Fsp3) is 0.308. The van der Waals surface area contributed by atoms with Crippen LogP contribution in [0.25, 0.3) is 22.4 Å². The molecule has 0 saturated carbocycles. The summed E-state index contributed by atoms with van der Waals surface area (Å²) >= 11 is 0. The first-order valence-corrected chi connectivity index (χ1v) is 12.2. The summed E-state index contributed by atoms with van der Waals surface area (Å²) in [5, 5.41) is 8.76. The Labute approximate surface area is 225 Å². The van der Waals surface area contributed by atoms with E-state index in [9.17, 15) is 27.2 Å². The van der Waals surface area contributed by atoms with Crippen LogP contribution in [0.2, 0.25) is 0 Å². The number of aldehydes is 1. The zero-order valence-corrected chi connectivity index (χ0v) is 21.8. The second-order valence-electron chi connectivity index (χ2n) is 9.33. The van der Waals surface area contributed by atoms with Crippen molar-refractivity contribution >= 4 is 35.0 Å². The number of aromatic nitrogens is 5. The second kappa shape index (κ2) is 11.6. The number of carbonyl (C=O) groups excluding carboxylic acids is 1. The van der Waals surface area contributed by atoms with Gasteiger partial charge in [0.15, 0.2) is 12.1 Å². The number of anilines is 1. The molecule has 3 aromatic heterocycles. The van der Waals surface area contributed by atoms with Gasteiger partial charge in [0, 0.05) is 43.0 Å². The van der Waals surface area contributed by atoms with Crippen molar-refractivity contribution in [1.82, 2.24) is 30.0 Å². The van der Waals surface area contributed by atoms with Gasteiger partial charge in [-0.3, -0.25) is 9.59 Å². The fourth-order valence-electron chi connectivity index (χ4n) is 4.11. The van der Waals surface area contributed by atoms with E-state index in [1.807, 2.05) is 6.92 Å². The first-order chi connectivity index (χ1) is 19.0. The molecule has 0 amide bonds. The lowest BCUT2D eigenvalue weighted by Gasteiger charge is -2.19. The third-order valence-corrected chi connectivity index (χ3v) is 6.21. The molecule has 1 aromatic carbocycles. The summed E-state index contributed by atoms with van der Waals surface area (Å²) in [6, 6.07) is 2.09. The molecule has 0 saturated heterocycles. The van der Waals surface area contributed by atoms with Crippen molar-refractivity contribution < 1.29 is 22.4 Å². The van der Waals surface area contributed by atoms with Crippen molar-refractivity contribution in [2.45, 2.75) is 38.9 Å². The van der Waals surface area contributed by atoms with Crippen molar-refractivity contribution in [3.05, 3.63) is 63.6 Å². The molecule has 0 bridgehead atoms. The smallest absolute Gasteiger partial charge is 0.381 e. The predicted molar refractivity (Wildman–Crippen MR) is 142 cm³/mol. The van der Waals surface area contributed by atoms with E-state index in [1.165, 1.54) is 12.4 Å². The third kappa shape index (κ3) is 6.33. The lowest BCUT2D eigenvalue weighted by molar-refractivity contribution is -0.138. The highest BCUT2D eigenvalue weighted by Crippen LogP contribution is 2.32. The molecule has 14 heteroatoms. The number of nitrogens with zero attached hydrogens (tertiary/aromatic N) is 5. The molecule has 0 radical (unpaired) electrons. The number of rotatable bonds is 10. The standard InChI is InChI=1S/C26H26F4N8O2/c1-14-9-31-24-18(14)10-32-23(36-24)17-8-20(16(12-39)7-19(17)27)33-13-38(3)6-4-5-15(2)35-21-11-34-37-25(40)22(21)26(28,29)30/h7-13,15H,4-6H2,1-3H3,(H,31,32,36)(H2,35,37,40)/b33-13-/t15-/m0/s1. The molecular weight excluding hydrogens is 532 g/mol.